The fraction of sp³-hybridized carbons (Fsp3) is 0.133. The molecule has 10 heteroatoms. The molecular weight excluding hydrogens is 569 g/mol. The van der Waals surface area contributed by atoms with Crippen molar-refractivity contribution in [2.24, 2.45) is 5.10 Å². The Labute approximate surface area is 244 Å². The molecule has 0 bridgehead atoms. The summed E-state index contributed by atoms with van der Waals surface area (Å²) in [6, 6.07) is 25.9. The van der Waals surface area contributed by atoms with Gasteiger partial charge in [-0.25, -0.2) is 13.8 Å². The smallest absolute Gasteiger partial charge is 0.264 e. The molecule has 4 rings (SSSR count). The van der Waals surface area contributed by atoms with Gasteiger partial charge in [0.25, 0.3) is 15.9 Å². The fourth-order valence-electron chi connectivity index (χ4n) is 3.73. The van der Waals surface area contributed by atoms with Gasteiger partial charge in [-0.1, -0.05) is 59.1 Å². The molecule has 0 aromatic heterocycles. The van der Waals surface area contributed by atoms with Crippen LogP contribution >= 0.6 is 23.2 Å². The Hall–Kier alpha value is -3.85. The number of hydrogen-bond donors (Lipinski definition) is 1. The summed E-state index contributed by atoms with van der Waals surface area (Å²) >= 11 is 12.1. The van der Waals surface area contributed by atoms with Gasteiger partial charge in [0.05, 0.1) is 16.8 Å². The second-order valence-corrected chi connectivity index (χ2v) is 11.8. The van der Waals surface area contributed by atoms with Crippen molar-refractivity contribution in [1.82, 2.24) is 5.43 Å². The van der Waals surface area contributed by atoms with E-state index in [2.05, 4.69) is 10.5 Å². The minimum absolute atomic E-state index is 0.0622. The average Bonchev–Trinajstić information content (AvgIpc) is 2.94. The van der Waals surface area contributed by atoms with Crippen LogP contribution in [0.5, 0.6) is 5.75 Å². The summed E-state index contributed by atoms with van der Waals surface area (Å²) in [5.41, 5.74) is 5.99. The first-order valence-electron chi connectivity index (χ1n) is 12.3. The molecule has 0 fully saturated rings. The van der Waals surface area contributed by atoms with Gasteiger partial charge in [-0.05, 0) is 91.2 Å². The third-order valence-corrected chi connectivity index (χ3v) is 8.20. The van der Waals surface area contributed by atoms with Crippen molar-refractivity contribution in [3.63, 3.8) is 0 Å². The van der Waals surface area contributed by atoms with Crippen molar-refractivity contribution >= 4 is 51.0 Å². The van der Waals surface area contributed by atoms with Gasteiger partial charge in [0.1, 0.15) is 18.9 Å². The Morgan fingerprint density at radius 3 is 2.23 bits per heavy atom. The summed E-state index contributed by atoms with van der Waals surface area (Å²) in [4.78, 5) is 12.9. The lowest BCUT2D eigenvalue weighted by Gasteiger charge is -2.25. The molecule has 0 atom stereocenters. The van der Waals surface area contributed by atoms with Crippen LogP contribution in [-0.2, 0) is 21.4 Å². The third kappa shape index (κ3) is 7.63. The molecule has 1 amide bonds. The van der Waals surface area contributed by atoms with Gasteiger partial charge in [-0.3, -0.25) is 9.10 Å². The van der Waals surface area contributed by atoms with Crippen molar-refractivity contribution in [1.29, 1.82) is 0 Å². The second kappa shape index (κ2) is 13.0. The minimum Gasteiger partial charge on any atom is -0.489 e. The number of rotatable bonds is 10. The summed E-state index contributed by atoms with van der Waals surface area (Å²) < 4.78 is 34.0. The molecule has 7 nitrogen and oxygen atoms in total. The van der Waals surface area contributed by atoms with Crippen LogP contribution in [0, 0.1) is 13.8 Å². The minimum atomic E-state index is -4.07. The molecule has 0 spiro atoms. The van der Waals surface area contributed by atoms with E-state index in [1.165, 1.54) is 24.4 Å². The van der Waals surface area contributed by atoms with E-state index < -0.39 is 22.5 Å². The zero-order chi connectivity index (χ0) is 28.7. The lowest BCUT2D eigenvalue weighted by molar-refractivity contribution is -0.119. The van der Waals surface area contributed by atoms with Crippen LogP contribution in [-0.4, -0.2) is 27.1 Å². The molecule has 0 aliphatic rings. The van der Waals surface area contributed by atoms with Crippen molar-refractivity contribution < 1.29 is 17.9 Å². The van der Waals surface area contributed by atoms with Crippen LogP contribution < -0.4 is 14.5 Å². The highest BCUT2D eigenvalue weighted by atomic mass is 35.5. The summed E-state index contributed by atoms with van der Waals surface area (Å²) in [6.07, 6.45) is 1.46. The summed E-state index contributed by atoms with van der Waals surface area (Å²) in [5, 5.41) is 5.02. The number of hydrazone groups is 1. The number of amides is 1. The maximum Gasteiger partial charge on any atom is 0.264 e. The van der Waals surface area contributed by atoms with E-state index >= 15 is 0 Å². The van der Waals surface area contributed by atoms with Crippen LogP contribution in [0.3, 0.4) is 0 Å². The Kier molecular flexibility index (Phi) is 9.47. The molecule has 0 heterocycles. The molecule has 0 unspecified atom stereocenters. The normalized spacial score (nSPS) is 11.4. The van der Waals surface area contributed by atoms with E-state index in [4.69, 9.17) is 27.9 Å². The number of halogens is 2. The largest absolute Gasteiger partial charge is 0.489 e. The molecule has 0 radical (unpaired) electrons. The number of carbonyl (C=O) groups excluding carboxylic acids is 1. The van der Waals surface area contributed by atoms with Crippen molar-refractivity contribution in [3.05, 3.63) is 123 Å². The second-order valence-electron chi connectivity index (χ2n) is 9.03. The van der Waals surface area contributed by atoms with Crippen LogP contribution in [0.4, 0.5) is 5.69 Å². The number of nitrogens with one attached hydrogen (secondary N) is 1. The molecule has 4 aromatic carbocycles. The number of aryl methyl sites for hydroxylation is 2. The number of ether oxygens (including phenoxy) is 1. The molecule has 0 saturated heterocycles. The number of benzene rings is 4. The number of carbonyl (C=O) groups is 1. The van der Waals surface area contributed by atoms with E-state index in [0.717, 1.165) is 15.4 Å². The highest BCUT2D eigenvalue weighted by Gasteiger charge is 2.28. The Balaban J connectivity index is 1.43. The maximum atomic E-state index is 13.6. The Morgan fingerprint density at radius 1 is 0.900 bits per heavy atom. The van der Waals surface area contributed by atoms with Gasteiger partial charge in [0.15, 0.2) is 0 Å². The predicted molar refractivity (Wildman–Crippen MR) is 160 cm³/mol. The highest BCUT2D eigenvalue weighted by molar-refractivity contribution is 7.92. The monoisotopic (exact) mass is 595 g/mol. The van der Waals surface area contributed by atoms with Gasteiger partial charge >= 0.3 is 0 Å². The van der Waals surface area contributed by atoms with Crippen molar-refractivity contribution in [2.75, 3.05) is 10.8 Å². The predicted octanol–water partition coefficient (Wildman–Crippen LogP) is 6.53. The number of anilines is 1. The number of nitrogens with zero attached hydrogens (tertiary/aromatic N) is 2. The Morgan fingerprint density at radius 2 is 1.55 bits per heavy atom. The first kappa shape index (κ1) is 29.1. The lowest BCUT2D eigenvalue weighted by Crippen LogP contribution is -2.40. The van der Waals surface area contributed by atoms with Gasteiger partial charge in [-0.15, -0.1) is 0 Å². The molecule has 0 saturated carbocycles. The van der Waals surface area contributed by atoms with Gasteiger partial charge < -0.3 is 4.74 Å². The molecule has 206 valence electrons. The first-order valence-corrected chi connectivity index (χ1v) is 14.5. The van der Waals surface area contributed by atoms with Crippen LogP contribution in [0.15, 0.2) is 101 Å². The molecular formula is C30H27Cl2N3O4S. The molecule has 4 aromatic rings. The highest BCUT2D eigenvalue weighted by Crippen LogP contribution is 2.29. The first-order chi connectivity index (χ1) is 19.1. The van der Waals surface area contributed by atoms with Crippen molar-refractivity contribution in [3.8, 4) is 5.75 Å². The Bertz CT molecular complexity index is 1610. The van der Waals surface area contributed by atoms with Crippen LogP contribution in [0.25, 0.3) is 0 Å². The van der Waals surface area contributed by atoms with E-state index in [9.17, 15) is 13.2 Å². The number of hydrogen-bond acceptors (Lipinski definition) is 5. The quantitative estimate of drug-likeness (QED) is 0.167. The van der Waals surface area contributed by atoms with E-state index in [-0.39, 0.29) is 4.90 Å². The molecule has 40 heavy (non-hydrogen) atoms. The fourth-order valence-corrected chi connectivity index (χ4v) is 5.50. The van der Waals surface area contributed by atoms with Crippen LogP contribution in [0.2, 0.25) is 10.0 Å². The van der Waals surface area contributed by atoms with E-state index in [0.29, 0.717) is 39.2 Å². The average molecular weight is 597 g/mol. The third-order valence-electron chi connectivity index (χ3n) is 5.94. The van der Waals surface area contributed by atoms with Gasteiger partial charge in [0, 0.05) is 10.0 Å². The van der Waals surface area contributed by atoms with Crippen molar-refractivity contribution in [2.45, 2.75) is 25.3 Å². The molecule has 0 aliphatic carbocycles. The molecule has 0 aliphatic heterocycles. The van der Waals surface area contributed by atoms with Gasteiger partial charge in [-0.2, -0.15) is 5.10 Å². The lowest BCUT2D eigenvalue weighted by atomic mass is 10.2. The molecule has 1 N–H and O–H groups in total. The zero-order valence-electron chi connectivity index (χ0n) is 21.8. The maximum absolute atomic E-state index is 13.6. The zero-order valence-corrected chi connectivity index (χ0v) is 24.2. The summed E-state index contributed by atoms with van der Waals surface area (Å²) in [5.74, 6) is 0.0548. The summed E-state index contributed by atoms with van der Waals surface area (Å²) in [7, 11) is -4.07. The summed E-state index contributed by atoms with van der Waals surface area (Å²) in [6.45, 7) is 3.52. The standard InChI is InChI=1S/C30H27Cl2N3O4S/c1-21-3-15-28(16-4-21)40(37,38)35(29-17-26(32)10-5-22(29)2)19-30(36)34-33-18-23-8-13-27(14-9-23)39-20-24-6-11-25(31)12-7-24/h3-18H,19-20H2,1-2H3,(H,34,36)/b33-18-. The van der Waals surface area contributed by atoms with E-state index in [1.54, 1.807) is 67.6 Å². The topological polar surface area (TPSA) is 88.1 Å². The number of sulfonamides is 1. The SMILES string of the molecule is Cc1ccc(S(=O)(=O)N(CC(=O)N/N=C\c2ccc(OCc3ccc(Cl)cc3)cc2)c2cc(Cl)ccc2C)cc1. The van der Waals surface area contributed by atoms with Crippen LogP contribution in [0.1, 0.15) is 22.3 Å². The van der Waals surface area contributed by atoms with E-state index in [1.807, 2.05) is 19.1 Å². The van der Waals surface area contributed by atoms with Gasteiger partial charge in [0.2, 0.25) is 0 Å².